The quantitative estimate of drug-likeness (QED) is 0.775. The van der Waals surface area contributed by atoms with Gasteiger partial charge < -0.3 is 14.9 Å². The number of thiophene rings is 1. The molecule has 0 spiro atoms. The number of likely N-dealkylation sites (N-methyl/N-ethyl adjacent to an activating group) is 1. The largest absolute Gasteiger partial charge is 0.480 e. The van der Waals surface area contributed by atoms with E-state index < -0.39 is 5.97 Å². The molecule has 1 rings (SSSR count). The van der Waals surface area contributed by atoms with Gasteiger partial charge in [-0.25, -0.2) is 0 Å². The summed E-state index contributed by atoms with van der Waals surface area (Å²) in [5, 5.41) is 8.86. The average molecular weight is 296 g/mol. The minimum absolute atomic E-state index is 0.277. The van der Waals surface area contributed by atoms with Gasteiger partial charge in [-0.3, -0.25) is 9.59 Å². The van der Waals surface area contributed by atoms with Crippen molar-refractivity contribution in [2.45, 2.75) is 6.92 Å². The van der Waals surface area contributed by atoms with Crippen molar-refractivity contribution >= 4 is 29.3 Å². The van der Waals surface area contributed by atoms with Crippen LogP contribution in [0.5, 0.6) is 0 Å². The second-order valence-electron chi connectivity index (χ2n) is 4.74. The molecule has 6 heteroatoms. The number of carbonyl (C=O) groups is 2. The summed E-state index contributed by atoms with van der Waals surface area (Å²) in [4.78, 5) is 28.2. The Bertz CT molecular complexity index is 494. The van der Waals surface area contributed by atoms with Crippen LogP contribution in [0.25, 0.3) is 6.08 Å². The fourth-order valence-electron chi connectivity index (χ4n) is 1.55. The second kappa shape index (κ2) is 7.81. The maximum Gasteiger partial charge on any atom is 0.323 e. The molecule has 0 aliphatic heterocycles. The maximum atomic E-state index is 12.0. The summed E-state index contributed by atoms with van der Waals surface area (Å²) in [5.41, 5.74) is 0. The summed E-state index contributed by atoms with van der Waals surface area (Å²) in [6.45, 7) is 2.75. The Morgan fingerprint density at radius 1 is 1.30 bits per heavy atom. The van der Waals surface area contributed by atoms with Gasteiger partial charge in [0.15, 0.2) is 0 Å². The van der Waals surface area contributed by atoms with Gasteiger partial charge in [-0.15, -0.1) is 11.3 Å². The Kier molecular flexibility index (Phi) is 6.41. The van der Waals surface area contributed by atoms with Crippen molar-refractivity contribution in [2.75, 3.05) is 33.7 Å². The number of carbonyl (C=O) groups excluding carboxylic acids is 1. The van der Waals surface area contributed by atoms with Crippen LogP contribution in [0.2, 0.25) is 0 Å². The molecule has 0 aliphatic carbocycles. The van der Waals surface area contributed by atoms with Crippen LogP contribution in [-0.2, 0) is 9.59 Å². The minimum atomic E-state index is -1.00. The van der Waals surface area contributed by atoms with E-state index in [1.807, 2.05) is 38.1 Å². The normalized spacial score (nSPS) is 11.2. The molecule has 0 bridgehead atoms. The maximum absolute atomic E-state index is 12.0. The molecule has 0 atom stereocenters. The van der Waals surface area contributed by atoms with E-state index in [4.69, 9.17) is 5.11 Å². The van der Waals surface area contributed by atoms with E-state index in [1.54, 1.807) is 17.4 Å². The van der Waals surface area contributed by atoms with E-state index in [-0.39, 0.29) is 12.5 Å². The predicted molar refractivity (Wildman–Crippen MR) is 80.9 cm³/mol. The molecular formula is C14H20N2O3S. The summed E-state index contributed by atoms with van der Waals surface area (Å²) in [6, 6.07) is 3.92. The topological polar surface area (TPSA) is 60.9 Å². The highest BCUT2D eigenvalue weighted by atomic mass is 32.1. The summed E-state index contributed by atoms with van der Waals surface area (Å²) in [6.07, 6.45) is 3.16. The van der Waals surface area contributed by atoms with Gasteiger partial charge in [0.25, 0.3) is 0 Å². The third-order valence-corrected chi connectivity index (χ3v) is 3.57. The SMILES string of the molecule is Cc1ccc(/C=C/C(=O)N(CCN(C)C)CC(=O)O)s1. The van der Waals surface area contributed by atoms with E-state index in [9.17, 15) is 9.59 Å². The summed E-state index contributed by atoms with van der Waals surface area (Å²) < 4.78 is 0. The second-order valence-corrected chi connectivity index (χ2v) is 6.06. The molecular weight excluding hydrogens is 276 g/mol. The first-order valence-corrected chi connectivity index (χ1v) is 7.10. The van der Waals surface area contributed by atoms with Crippen molar-refractivity contribution in [3.8, 4) is 0 Å². The van der Waals surface area contributed by atoms with Crippen LogP contribution >= 0.6 is 11.3 Å². The van der Waals surface area contributed by atoms with Crippen LogP contribution in [0.3, 0.4) is 0 Å². The molecule has 0 aliphatic rings. The highest BCUT2D eigenvalue weighted by Crippen LogP contribution is 2.16. The zero-order chi connectivity index (χ0) is 15.1. The zero-order valence-electron chi connectivity index (χ0n) is 12.0. The monoisotopic (exact) mass is 296 g/mol. The lowest BCUT2D eigenvalue weighted by molar-refractivity contribution is -0.142. The summed E-state index contributed by atoms with van der Waals surface area (Å²) in [7, 11) is 3.77. The predicted octanol–water partition coefficient (Wildman–Crippen LogP) is 1.54. The van der Waals surface area contributed by atoms with Crippen LogP contribution in [0.15, 0.2) is 18.2 Å². The molecule has 20 heavy (non-hydrogen) atoms. The van der Waals surface area contributed by atoms with Gasteiger partial charge in [-0.05, 0) is 39.2 Å². The molecule has 110 valence electrons. The average Bonchev–Trinajstić information content (AvgIpc) is 2.76. The van der Waals surface area contributed by atoms with Gasteiger partial charge in [-0.2, -0.15) is 0 Å². The zero-order valence-corrected chi connectivity index (χ0v) is 12.8. The number of rotatable bonds is 7. The Morgan fingerprint density at radius 3 is 2.50 bits per heavy atom. The lowest BCUT2D eigenvalue weighted by Gasteiger charge is -2.21. The Hall–Kier alpha value is -1.66. The number of aryl methyl sites for hydroxylation is 1. The number of nitrogens with zero attached hydrogens (tertiary/aromatic N) is 2. The standard InChI is InChI=1S/C14H20N2O3S/c1-11-4-5-12(20-11)6-7-13(17)16(10-14(18)19)9-8-15(2)3/h4-7H,8-10H2,1-3H3,(H,18,19)/b7-6+. The molecule has 1 aromatic heterocycles. The number of hydrogen-bond acceptors (Lipinski definition) is 4. The van der Waals surface area contributed by atoms with Crippen LogP contribution in [0, 0.1) is 6.92 Å². The molecule has 0 radical (unpaired) electrons. The van der Waals surface area contributed by atoms with Gasteiger partial charge in [0.1, 0.15) is 6.54 Å². The van der Waals surface area contributed by atoms with Crippen LogP contribution in [0.1, 0.15) is 9.75 Å². The summed E-state index contributed by atoms with van der Waals surface area (Å²) in [5.74, 6) is -1.28. The molecule has 1 amide bonds. The molecule has 0 saturated carbocycles. The molecule has 0 saturated heterocycles. The molecule has 1 aromatic rings. The van der Waals surface area contributed by atoms with Crippen molar-refractivity contribution < 1.29 is 14.7 Å². The van der Waals surface area contributed by atoms with Gasteiger partial charge in [-0.1, -0.05) is 0 Å². The third kappa shape index (κ3) is 5.99. The highest BCUT2D eigenvalue weighted by molar-refractivity contribution is 7.12. The first kappa shape index (κ1) is 16.4. The van der Waals surface area contributed by atoms with E-state index >= 15 is 0 Å². The van der Waals surface area contributed by atoms with E-state index in [2.05, 4.69) is 0 Å². The van der Waals surface area contributed by atoms with Gasteiger partial charge in [0.05, 0.1) is 0 Å². The Balaban J connectivity index is 2.66. The number of amides is 1. The van der Waals surface area contributed by atoms with Crippen LogP contribution in [-0.4, -0.2) is 60.5 Å². The van der Waals surface area contributed by atoms with E-state index in [1.165, 1.54) is 15.9 Å². The number of aliphatic carboxylic acids is 1. The number of carboxylic acid groups (broad SMARTS) is 1. The first-order chi connectivity index (χ1) is 9.38. The van der Waals surface area contributed by atoms with E-state index in [0.717, 1.165) is 4.88 Å². The lowest BCUT2D eigenvalue weighted by atomic mass is 10.3. The highest BCUT2D eigenvalue weighted by Gasteiger charge is 2.14. The van der Waals surface area contributed by atoms with E-state index in [0.29, 0.717) is 13.1 Å². The van der Waals surface area contributed by atoms with Gasteiger partial charge >= 0.3 is 5.97 Å². The minimum Gasteiger partial charge on any atom is -0.480 e. The first-order valence-electron chi connectivity index (χ1n) is 6.28. The Labute approximate surface area is 123 Å². The van der Waals surface area contributed by atoms with Crippen LogP contribution in [0.4, 0.5) is 0 Å². The third-order valence-electron chi connectivity index (χ3n) is 2.61. The fraction of sp³-hybridized carbons (Fsp3) is 0.429. The molecule has 0 unspecified atom stereocenters. The molecule has 1 N–H and O–H groups in total. The molecule has 1 heterocycles. The van der Waals surface area contributed by atoms with Crippen molar-refractivity contribution in [3.05, 3.63) is 28.0 Å². The number of hydrogen-bond donors (Lipinski definition) is 1. The molecule has 0 aromatic carbocycles. The smallest absolute Gasteiger partial charge is 0.323 e. The van der Waals surface area contributed by atoms with Crippen molar-refractivity contribution in [1.82, 2.24) is 9.80 Å². The fourth-order valence-corrected chi connectivity index (χ4v) is 2.33. The van der Waals surface area contributed by atoms with Gasteiger partial charge in [0.2, 0.25) is 5.91 Å². The van der Waals surface area contributed by atoms with Crippen molar-refractivity contribution in [3.63, 3.8) is 0 Å². The van der Waals surface area contributed by atoms with Crippen molar-refractivity contribution in [1.29, 1.82) is 0 Å². The lowest BCUT2D eigenvalue weighted by Crippen LogP contribution is -2.39. The molecule has 0 fully saturated rings. The van der Waals surface area contributed by atoms with Gasteiger partial charge in [0, 0.05) is 28.9 Å². The Morgan fingerprint density at radius 2 is 2.00 bits per heavy atom. The van der Waals surface area contributed by atoms with Crippen molar-refractivity contribution in [2.24, 2.45) is 0 Å². The summed E-state index contributed by atoms with van der Waals surface area (Å²) >= 11 is 1.59. The number of carboxylic acids is 1. The molecule has 5 nitrogen and oxygen atoms in total. The van der Waals surface area contributed by atoms with Crippen LogP contribution < -0.4 is 0 Å².